The van der Waals surface area contributed by atoms with Crippen molar-refractivity contribution >= 4 is 28.8 Å². The number of thiophene rings is 1. The van der Waals surface area contributed by atoms with Crippen molar-refractivity contribution in [2.45, 2.75) is 25.9 Å². The molecule has 118 valence electrons. The highest BCUT2D eigenvalue weighted by Crippen LogP contribution is 2.31. The number of hydrogen-bond acceptors (Lipinski definition) is 4. The van der Waals surface area contributed by atoms with Gasteiger partial charge in [-0.3, -0.25) is 4.79 Å². The second-order valence-electron chi connectivity index (χ2n) is 5.30. The summed E-state index contributed by atoms with van der Waals surface area (Å²) in [7, 11) is 0. The van der Waals surface area contributed by atoms with Gasteiger partial charge in [0.1, 0.15) is 11.5 Å². The number of carbonyl (C=O) groups excluding carboxylic acids is 1. The van der Waals surface area contributed by atoms with Crippen LogP contribution in [-0.4, -0.2) is 18.1 Å². The van der Waals surface area contributed by atoms with Gasteiger partial charge in [-0.15, -0.1) is 0 Å². The Morgan fingerprint density at radius 3 is 2.77 bits per heavy atom. The molecule has 0 fully saturated rings. The highest BCUT2D eigenvalue weighted by atomic mass is 35.5. The monoisotopic (exact) mass is 339 g/mol. The minimum Gasteiger partial charge on any atom is -0.492 e. The zero-order valence-electron chi connectivity index (χ0n) is 12.5. The Morgan fingerprint density at radius 2 is 2.14 bits per heavy atom. The fourth-order valence-corrected chi connectivity index (χ4v) is 2.59. The Hall–Kier alpha value is -1.72. The summed E-state index contributed by atoms with van der Waals surface area (Å²) in [5.74, 6) is 0.468. The summed E-state index contributed by atoms with van der Waals surface area (Å²) in [6.07, 6.45) is 0.803. The highest BCUT2D eigenvalue weighted by Gasteiger charge is 2.27. The number of benzene rings is 1. The third-order valence-corrected chi connectivity index (χ3v) is 4.14. The van der Waals surface area contributed by atoms with Crippen molar-refractivity contribution in [1.29, 1.82) is 0 Å². The molecule has 0 radical (unpaired) electrons. The molecule has 1 aromatic carbocycles. The fraction of sp³-hybridized carbons (Fsp3) is 0.312. The standard InChI is InChI=1S/C16H18ClNO3S/c1-16(2,15(18)19)21-12-3-4-13(17)14(9-12)20-7-5-11-6-8-22-10-11/h3-4,6,8-10H,5,7H2,1-2H3,(H2,18,19). The predicted octanol–water partition coefficient (Wildman–Crippen LogP) is 3.67. The average Bonchev–Trinajstić information content (AvgIpc) is 2.95. The van der Waals surface area contributed by atoms with Crippen molar-refractivity contribution < 1.29 is 14.3 Å². The molecule has 2 N–H and O–H groups in total. The summed E-state index contributed by atoms with van der Waals surface area (Å²) in [6.45, 7) is 3.74. The van der Waals surface area contributed by atoms with Crippen molar-refractivity contribution in [2.24, 2.45) is 5.73 Å². The van der Waals surface area contributed by atoms with Gasteiger partial charge in [0.2, 0.25) is 0 Å². The summed E-state index contributed by atoms with van der Waals surface area (Å²) in [4.78, 5) is 11.3. The van der Waals surface area contributed by atoms with Gasteiger partial charge >= 0.3 is 0 Å². The molecule has 1 heterocycles. The van der Waals surface area contributed by atoms with Gasteiger partial charge < -0.3 is 15.2 Å². The number of ether oxygens (including phenoxy) is 2. The van der Waals surface area contributed by atoms with E-state index >= 15 is 0 Å². The Balaban J connectivity index is 2.02. The fourth-order valence-electron chi connectivity index (χ4n) is 1.72. The largest absolute Gasteiger partial charge is 0.492 e. The molecule has 4 nitrogen and oxygen atoms in total. The maximum atomic E-state index is 11.3. The van der Waals surface area contributed by atoms with E-state index in [4.69, 9.17) is 26.8 Å². The van der Waals surface area contributed by atoms with Gasteiger partial charge in [-0.1, -0.05) is 11.6 Å². The van der Waals surface area contributed by atoms with Gasteiger partial charge in [0.05, 0.1) is 11.6 Å². The van der Waals surface area contributed by atoms with Crippen molar-refractivity contribution in [3.8, 4) is 11.5 Å². The van der Waals surface area contributed by atoms with Crippen molar-refractivity contribution in [3.63, 3.8) is 0 Å². The first-order chi connectivity index (χ1) is 10.4. The molecule has 0 unspecified atom stereocenters. The smallest absolute Gasteiger partial charge is 0.261 e. The lowest BCUT2D eigenvalue weighted by Crippen LogP contribution is -2.43. The van der Waals surface area contributed by atoms with Gasteiger partial charge in [0.25, 0.3) is 5.91 Å². The topological polar surface area (TPSA) is 61.6 Å². The Morgan fingerprint density at radius 1 is 1.36 bits per heavy atom. The molecule has 2 aromatic rings. The molecular weight excluding hydrogens is 322 g/mol. The SMILES string of the molecule is CC(C)(Oc1ccc(Cl)c(OCCc2ccsc2)c1)C(N)=O. The van der Waals surface area contributed by atoms with Crippen molar-refractivity contribution in [2.75, 3.05) is 6.61 Å². The molecule has 0 saturated carbocycles. The van der Waals surface area contributed by atoms with Crippen molar-refractivity contribution in [3.05, 3.63) is 45.6 Å². The molecule has 0 aliphatic rings. The zero-order valence-corrected chi connectivity index (χ0v) is 14.0. The Labute approximate surface area is 138 Å². The Kier molecular flexibility index (Phi) is 5.32. The first kappa shape index (κ1) is 16.6. The molecule has 22 heavy (non-hydrogen) atoms. The van der Waals surface area contributed by atoms with Crippen LogP contribution in [-0.2, 0) is 11.2 Å². The van der Waals surface area contributed by atoms with Gasteiger partial charge in [0.15, 0.2) is 5.60 Å². The first-order valence-electron chi connectivity index (χ1n) is 6.81. The summed E-state index contributed by atoms with van der Waals surface area (Å²) in [5, 5.41) is 4.61. The number of halogens is 1. The number of primary amides is 1. The van der Waals surface area contributed by atoms with Crippen LogP contribution in [0.4, 0.5) is 0 Å². The summed E-state index contributed by atoms with van der Waals surface area (Å²) in [6, 6.07) is 7.08. The summed E-state index contributed by atoms with van der Waals surface area (Å²) in [5.41, 5.74) is 5.43. The second-order valence-corrected chi connectivity index (χ2v) is 6.49. The lowest BCUT2D eigenvalue weighted by molar-refractivity contribution is -0.130. The van der Waals surface area contributed by atoms with Crippen LogP contribution in [0, 0.1) is 0 Å². The molecule has 2 rings (SSSR count). The number of amides is 1. The quantitative estimate of drug-likeness (QED) is 0.837. The molecule has 6 heteroatoms. The second kappa shape index (κ2) is 7.03. The first-order valence-corrected chi connectivity index (χ1v) is 8.13. The normalized spacial score (nSPS) is 11.2. The predicted molar refractivity (Wildman–Crippen MR) is 88.9 cm³/mol. The molecule has 0 atom stereocenters. The van der Waals surface area contributed by atoms with E-state index in [9.17, 15) is 4.79 Å². The van der Waals surface area contributed by atoms with E-state index in [1.807, 2.05) is 5.38 Å². The van der Waals surface area contributed by atoms with E-state index in [1.54, 1.807) is 43.4 Å². The molecule has 0 spiro atoms. The molecule has 0 bridgehead atoms. The number of nitrogens with two attached hydrogens (primary N) is 1. The molecule has 0 saturated heterocycles. The third-order valence-electron chi connectivity index (χ3n) is 3.10. The molecule has 1 aromatic heterocycles. The molecule has 0 aliphatic heterocycles. The molecular formula is C16H18ClNO3S. The number of hydrogen-bond donors (Lipinski definition) is 1. The summed E-state index contributed by atoms with van der Waals surface area (Å²) >= 11 is 7.78. The van der Waals surface area contributed by atoms with E-state index in [0.717, 1.165) is 6.42 Å². The zero-order chi connectivity index (χ0) is 16.2. The van der Waals surface area contributed by atoms with Crippen LogP contribution < -0.4 is 15.2 Å². The van der Waals surface area contributed by atoms with E-state index in [2.05, 4.69) is 11.4 Å². The van der Waals surface area contributed by atoms with E-state index in [1.165, 1.54) is 5.56 Å². The van der Waals surface area contributed by atoms with Gasteiger partial charge in [0, 0.05) is 12.5 Å². The van der Waals surface area contributed by atoms with Crippen LogP contribution in [0.2, 0.25) is 5.02 Å². The van der Waals surface area contributed by atoms with E-state index in [0.29, 0.717) is 23.1 Å². The van der Waals surface area contributed by atoms with Gasteiger partial charge in [-0.2, -0.15) is 11.3 Å². The maximum absolute atomic E-state index is 11.3. The van der Waals surface area contributed by atoms with E-state index < -0.39 is 11.5 Å². The van der Waals surface area contributed by atoms with Crippen LogP contribution in [0.5, 0.6) is 11.5 Å². The molecule has 0 aliphatic carbocycles. The highest BCUT2D eigenvalue weighted by molar-refractivity contribution is 7.07. The minimum atomic E-state index is -1.10. The van der Waals surface area contributed by atoms with Gasteiger partial charge in [-0.25, -0.2) is 0 Å². The summed E-state index contributed by atoms with van der Waals surface area (Å²) < 4.78 is 11.3. The lowest BCUT2D eigenvalue weighted by Gasteiger charge is -2.23. The van der Waals surface area contributed by atoms with Crippen LogP contribution in [0.25, 0.3) is 0 Å². The van der Waals surface area contributed by atoms with Crippen LogP contribution >= 0.6 is 22.9 Å². The average molecular weight is 340 g/mol. The van der Waals surface area contributed by atoms with E-state index in [-0.39, 0.29) is 0 Å². The third kappa shape index (κ3) is 4.39. The minimum absolute atomic E-state index is 0.485. The maximum Gasteiger partial charge on any atom is 0.261 e. The lowest BCUT2D eigenvalue weighted by atomic mass is 10.1. The van der Waals surface area contributed by atoms with Gasteiger partial charge in [-0.05, 0) is 48.4 Å². The van der Waals surface area contributed by atoms with Crippen LogP contribution in [0.15, 0.2) is 35.0 Å². The van der Waals surface area contributed by atoms with Crippen LogP contribution in [0.1, 0.15) is 19.4 Å². The molecule has 1 amide bonds. The van der Waals surface area contributed by atoms with Crippen molar-refractivity contribution in [1.82, 2.24) is 0 Å². The van der Waals surface area contributed by atoms with Crippen LogP contribution in [0.3, 0.4) is 0 Å². The Bertz CT molecular complexity index is 641. The number of carbonyl (C=O) groups is 1. The number of rotatable bonds is 7.